The number of piperidine rings is 1. The molecule has 3 saturated heterocycles. The molecule has 0 aliphatic carbocycles. The maximum Gasteiger partial charge on any atom is 0.208 e. The quantitative estimate of drug-likeness (QED) is 0.325. The van der Waals surface area contributed by atoms with Gasteiger partial charge in [-0.15, -0.1) is 24.0 Å². The SMILES string of the molecule is CCNC(=NCC1CCN(Cc2nc(C)c(C)o2)CC1)N1CCOC(C2CCCO2)C1.I. The van der Waals surface area contributed by atoms with Gasteiger partial charge in [-0.3, -0.25) is 9.89 Å². The topological polar surface area (TPSA) is 75.4 Å². The zero-order chi connectivity index (χ0) is 21.6. The second-order valence-electron chi connectivity index (χ2n) is 9.07. The van der Waals surface area contributed by atoms with Gasteiger partial charge in [0.15, 0.2) is 5.96 Å². The Bertz CT molecular complexity index is 710. The van der Waals surface area contributed by atoms with E-state index in [2.05, 4.69) is 27.0 Å². The number of guanidine groups is 1. The van der Waals surface area contributed by atoms with Crippen molar-refractivity contribution in [3.8, 4) is 0 Å². The van der Waals surface area contributed by atoms with Gasteiger partial charge in [-0.05, 0) is 65.5 Å². The van der Waals surface area contributed by atoms with Gasteiger partial charge >= 0.3 is 0 Å². The van der Waals surface area contributed by atoms with Gasteiger partial charge in [0.1, 0.15) is 11.9 Å². The maximum absolute atomic E-state index is 6.02. The third-order valence-electron chi connectivity index (χ3n) is 6.75. The Morgan fingerprint density at radius 2 is 1.88 bits per heavy atom. The third kappa shape index (κ3) is 6.80. The van der Waals surface area contributed by atoms with E-state index in [0.717, 1.165) is 95.2 Å². The minimum absolute atomic E-state index is 0. The number of nitrogens with zero attached hydrogens (tertiary/aromatic N) is 4. The molecule has 9 heteroatoms. The minimum atomic E-state index is 0. The number of aromatic nitrogens is 1. The Balaban J connectivity index is 0.00000289. The molecule has 0 aromatic carbocycles. The number of rotatable bonds is 6. The first-order valence-corrected chi connectivity index (χ1v) is 12.0. The highest BCUT2D eigenvalue weighted by Crippen LogP contribution is 2.22. The van der Waals surface area contributed by atoms with Crippen molar-refractivity contribution in [2.24, 2.45) is 10.9 Å². The molecule has 1 aromatic rings. The molecule has 3 fully saturated rings. The number of nitrogens with one attached hydrogen (secondary N) is 1. The van der Waals surface area contributed by atoms with Crippen molar-refractivity contribution in [2.45, 2.75) is 65.2 Å². The van der Waals surface area contributed by atoms with E-state index < -0.39 is 0 Å². The summed E-state index contributed by atoms with van der Waals surface area (Å²) in [5.41, 5.74) is 1.00. The van der Waals surface area contributed by atoms with Crippen LogP contribution >= 0.6 is 24.0 Å². The van der Waals surface area contributed by atoms with E-state index in [9.17, 15) is 0 Å². The molecule has 3 aliphatic rings. The molecule has 0 radical (unpaired) electrons. The average Bonchev–Trinajstić information content (AvgIpc) is 3.42. The van der Waals surface area contributed by atoms with Crippen molar-refractivity contribution in [2.75, 3.05) is 52.5 Å². The Labute approximate surface area is 209 Å². The fourth-order valence-electron chi connectivity index (χ4n) is 4.76. The molecule has 0 spiro atoms. The van der Waals surface area contributed by atoms with Crippen molar-refractivity contribution in [1.29, 1.82) is 0 Å². The van der Waals surface area contributed by atoms with Crippen LogP contribution in [0.5, 0.6) is 0 Å². The molecule has 182 valence electrons. The molecule has 4 rings (SSSR count). The molecular formula is C23H40IN5O3. The van der Waals surface area contributed by atoms with Crippen molar-refractivity contribution in [3.05, 3.63) is 17.3 Å². The number of hydrogen-bond donors (Lipinski definition) is 1. The summed E-state index contributed by atoms with van der Waals surface area (Å²) < 4.78 is 17.6. The number of hydrogen-bond acceptors (Lipinski definition) is 6. The second kappa shape index (κ2) is 12.5. The Hall–Kier alpha value is -0.910. The summed E-state index contributed by atoms with van der Waals surface area (Å²) in [4.78, 5) is 14.4. The predicted octanol–water partition coefficient (Wildman–Crippen LogP) is 2.97. The van der Waals surface area contributed by atoms with Gasteiger partial charge in [0, 0.05) is 32.8 Å². The van der Waals surface area contributed by atoms with Crippen LogP contribution in [0.25, 0.3) is 0 Å². The summed E-state index contributed by atoms with van der Waals surface area (Å²) in [6.45, 7) is 14.2. The van der Waals surface area contributed by atoms with Gasteiger partial charge in [-0.2, -0.15) is 0 Å². The van der Waals surface area contributed by atoms with E-state index in [0.29, 0.717) is 5.92 Å². The van der Waals surface area contributed by atoms with Crippen LogP contribution in [-0.2, 0) is 16.0 Å². The van der Waals surface area contributed by atoms with Crippen molar-refractivity contribution in [3.63, 3.8) is 0 Å². The first kappa shape index (κ1) is 25.7. The van der Waals surface area contributed by atoms with Gasteiger partial charge < -0.3 is 24.1 Å². The van der Waals surface area contributed by atoms with Crippen molar-refractivity contribution < 1.29 is 13.9 Å². The molecule has 2 unspecified atom stereocenters. The van der Waals surface area contributed by atoms with E-state index in [4.69, 9.17) is 18.9 Å². The molecule has 8 nitrogen and oxygen atoms in total. The molecule has 0 saturated carbocycles. The summed E-state index contributed by atoms with van der Waals surface area (Å²) in [7, 11) is 0. The van der Waals surface area contributed by atoms with E-state index in [1.165, 1.54) is 12.8 Å². The second-order valence-corrected chi connectivity index (χ2v) is 9.07. The lowest BCUT2D eigenvalue weighted by Gasteiger charge is -2.37. The summed E-state index contributed by atoms with van der Waals surface area (Å²) in [5, 5.41) is 3.50. The van der Waals surface area contributed by atoms with Crippen molar-refractivity contribution in [1.82, 2.24) is 20.1 Å². The van der Waals surface area contributed by atoms with Crippen LogP contribution in [0.15, 0.2) is 9.41 Å². The van der Waals surface area contributed by atoms with E-state index in [1.807, 2.05) is 13.8 Å². The summed E-state index contributed by atoms with van der Waals surface area (Å²) in [6, 6.07) is 0. The molecule has 2 atom stereocenters. The molecule has 32 heavy (non-hydrogen) atoms. The smallest absolute Gasteiger partial charge is 0.208 e. The Morgan fingerprint density at radius 1 is 1.09 bits per heavy atom. The van der Waals surface area contributed by atoms with Gasteiger partial charge in [-0.25, -0.2) is 4.98 Å². The van der Waals surface area contributed by atoms with Crippen LogP contribution in [-0.4, -0.2) is 85.4 Å². The number of morpholine rings is 1. The molecule has 4 heterocycles. The summed E-state index contributed by atoms with van der Waals surface area (Å²) in [5.74, 6) is 3.43. The lowest BCUT2D eigenvalue weighted by atomic mass is 9.97. The molecule has 0 bridgehead atoms. The zero-order valence-corrected chi connectivity index (χ0v) is 22.2. The van der Waals surface area contributed by atoms with Crippen molar-refractivity contribution >= 4 is 29.9 Å². The van der Waals surface area contributed by atoms with Gasteiger partial charge in [0.25, 0.3) is 0 Å². The predicted molar refractivity (Wildman–Crippen MR) is 136 cm³/mol. The lowest BCUT2D eigenvalue weighted by molar-refractivity contribution is -0.0817. The van der Waals surface area contributed by atoms with E-state index in [1.54, 1.807) is 0 Å². The maximum atomic E-state index is 6.02. The lowest BCUT2D eigenvalue weighted by Crippen LogP contribution is -2.53. The van der Waals surface area contributed by atoms with E-state index >= 15 is 0 Å². The number of ether oxygens (including phenoxy) is 2. The Kier molecular flexibility index (Phi) is 10.1. The first-order chi connectivity index (χ1) is 15.1. The number of halogens is 1. The van der Waals surface area contributed by atoms with Gasteiger partial charge in [0.2, 0.25) is 5.89 Å². The minimum Gasteiger partial charge on any atom is -0.444 e. The third-order valence-corrected chi connectivity index (χ3v) is 6.75. The monoisotopic (exact) mass is 561 g/mol. The average molecular weight is 562 g/mol. The number of aliphatic imine (C=N–C) groups is 1. The van der Waals surface area contributed by atoms with Gasteiger partial charge in [-0.1, -0.05) is 0 Å². The fraction of sp³-hybridized carbons (Fsp3) is 0.826. The van der Waals surface area contributed by atoms with Crippen LogP contribution in [0.1, 0.15) is 50.0 Å². The fourth-order valence-corrected chi connectivity index (χ4v) is 4.76. The largest absolute Gasteiger partial charge is 0.444 e. The molecule has 1 N–H and O–H groups in total. The van der Waals surface area contributed by atoms with Crippen LogP contribution in [0, 0.1) is 19.8 Å². The molecular weight excluding hydrogens is 521 g/mol. The zero-order valence-electron chi connectivity index (χ0n) is 19.8. The van der Waals surface area contributed by atoms with Crippen LogP contribution in [0.4, 0.5) is 0 Å². The molecule has 0 amide bonds. The first-order valence-electron chi connectivity index (χ1n) is 12.0. The van der Waals surface area contributed by atoms with Gasteiger partial charge in [0.05, 0.1) is 24.9 Å². The Morgan fingerprint density at radius 3 is 2.53 bits per heavy atom. The van der Waals surface area contributed by atoms with Crippen LogP contribution in [0.2, 0.25) is 0 Å². The number of likely N-dealkylation sites (tertiary alicyclic amines) is 1. The standard InChI is InChI=1S/C23H39N5O3.HI/c1-4-24-23(28-11-13-30-21(15-28)20-6-5-12-29-20)25-14-19-7-9-27(10-8-19)16-22-26-17(2)18(3)31-22;/h19-21H,4-16H2,1-3H3,(H,24,25);1H. The highest BCUT2D eigenvalue weighted by molar-refractivity contribution is 14.0. The normalized spacial score (nSPS) is 25.7. The summed E-state index contributed by atoms with van der Waals surface area (Å²) in [6.07, 6.45) is 4.99. The van der Waals surface area contributed by atoms with Crippen LogP contribution < -0.4 is 5.32 Å². The number of oxazole rings is 1. The summed E-state index contributed by atoms with van der Waals surface area (Å²) >= 11 is 0. The number of aryl methyl sites for hydroxylation is 2. The molecule has 3 aliphatic heterocycles. The molecule has 1 aromatic heterocycles. The highest BCUT2D eigenvalue weighted by Gasteiger charge is 2.32. The van der Waals surface area contributed by atoms with E-state index in [-0.39, 0.29) is 36.2 Å². The van der Waals surface area contributed by atoms with Crippen LogP contribution in [0.3, 0.4) is 0 Å². The highest BCUT2D eigenvalue weighted by atomic mass is 127.